The van der Waals surface area contributed by atoms with Gasteiger partial charge in [-0.3, -0.25) is 0 Å². The van der Waals surface area contributed by atoms with Crippen LogP contribution in [0.1, 0.15) is 5.56 Å². The van der Waals surface area contributed by atoms with E-state index < -0.39 is 0 Å². The summed E-state index contributed by atoms with van der Waals surface area (Å²) in [5.41, 5.74) is 12.5. The van der Waals surface area contributed by atoms with E-state index in [1.54, 1.807) is 11.3 Å². The van der Waals surface area contributed by atoms with E-state index in [1.807, 2.05) is 12.1 Å². The molecule has 268 valence electrons. The number of hydrogen-bond acceptors (Lipinski definition) is 5. The van der Waals surface area contributed by atoms with Crippen molar-refractivity contribution in [1.82, 2.24) is 15.0 Å². The Bertz CT molecular complexity index is 3320. The van der Waals surface area contributed by atoms with E-state index in [0.29, 0.717) is 17.5 Å². The van der Waals surface area contributed by atoms with Gasteiger partial charge in [-0.2, -0.15) is 0 Å². The van der Waals surface area contributed by atoms with Crippen molar-refractivity contribution in [3.63, 3.8) is 0 Å². The molecule has 0 atom stereocenters. The van der Waals surface area contributed by atoms with Crippen LogP contribution in [0, 0.1) is 6.92 Å². The van der Waals surface area contributed by atoms with Gasteiger partial charge in [0, 0.05) is 47.6 Å². The maximum Gasteiger partial charge on any atom is 0.164 e. The molecule has 11 rings (SSSR count). The molecular weight excluding hydrogens is 715 g/mol. The number of furan rings is 1. The predicted octanol–water partition coefficient (Wildman–Crippen LogP) is 14.4. The smallest absolute Gasteiger partial charge is 0.164 e. The first kappa shape index (κ1) is 33.2. The molecule has 11 aromatic rings. The van der Waals surface area contributed by atoms with E-state index >= 15 is 0 Å². The lowest BCUT2D eigenvalue weighted by Crippen LogP contribution is -2.00. The summed E-state index contributed by atoms with van der Waals surface area (Å²) in [5.74, 6) is 1.83. The van der Waals surface area contributed by atoms with Crippen LogP contribution >= 0.6 is 11.3 Å². The van der Waals surface area contributed by atoms with Gasteiger partial charge in [0.05, 0.1) is 0 Å². The summed E-state index contributed by atoms with van der Waals surface area (Å²) in [4.78, 5) is 15.5. The lowest BCUT2D eigenvalue weighted by atomic mass is 9.96. The first-order chi connectivity index (χ1) is 28.1. The summed E-state index contributed by atoms with van der Waals surface area (Å²) in [6.45, 7) is 2.12. The van der Waals surface area contributed by atoms with Crippen LogP contribution < -0.4 is 0 Å². The van der Waals surface area contributed by atoms with Crippen molar-refractivity contribution in [3.8, 4) is 67.5 Å². The Balaban J connectivity index is 1.06. The Kier molecular flexibility index (Phi) is 7.86. The lowest BCUT2D eigenvalue weighted by Gasteiger charge is -2.10. The van der Waals surface area contributed by atoms with Crippen LogP contribution in [0.25, 0.3) is 110 Å². The average molecular weight is 748 g/mol. The average Bonchev–Trinajstić information content (AvgIpc) is 3.84. The van der Waals surface area contributed by atoms with Gasteiger partial charge in [0.25, 0.3) is 0 Å². The molecule has 0 spiro atoms. The number of aryl methyl sites for hydroxylation is 1. The maximum atomic E-state index is 6.60. The van der Waals surface area contributed by atoms with Crippen molar-refractivity contribution in [3.05, 3.63) is 188 Å². The third-order valence-corrected chi connectivity index (χ3v) is 11.9. The van der Waals surface area contributed by atoms with Gasteiger partial charge in [-0.1, -0.05) is 145 Å². The van der Waals surface area contributed by atoms with Crippen molar-refractivity contribution >= 4 is 53.4 Å². The summed E-state index contributed by atoms with van der Waals surface area (Å²) >= 11 is 1.79. The second-order valence-electron chi connectivity index (χ2n) is 14.5. The molecule has 57 heavy (non-hydrogen) atoms. The minimum absolute atomic E-state index is 0.588. The van der Waals surface area contributed by atoms with Crippen LogP contribution in [0.2, 0.25) is 0 Å². The second kappa shape index (κ2) is 13.5. The van der Waals surface area contributed by atoms with E-state index in [0.717, 1.165) is 60.9 Å². The molecule has 0 aliphatic carbocycles. The van der Waals surface area contributed by atoms with Gasteiger partial charge in [0.1, 0.15) is 11.2 Å². The van der Waals surface area contributed by atoms with Crippen LogP contribution in [0.15, 0.2) is 186 Å². The number of benzene rings is 8. The molecule has 0 bridgehead atoms. The van der Waals surface area contributed by atoms with Crippen LogP contribution in [0.4, 0.5) is 0 Å². The zero-order chi connectivity index (χ0) is 37.9. The summed E-state index contributed by atoms with van der Waals surface area (Å²) in [6, 6.07) is 64.0. The van der Waals surface area contributed by atoms with Gasteiger partial charge in [0.2, 0.25) is 0 Å². The molecule has 0 aliphatic rings. The summed E-state index contributed by atoms with van der Waals surface area (Å²) < 4.78 is 9.07. The first-order valence-electron chi connectivity index (χ1n) is 19.1. The highest BCUT2D eigenvalue weighted by molar-refractivity contribution is 7.25. The predicted molar refractivity (Wildman–Crippen MR) is 237 cm³/mol. The topological polar surface area (TPSA) is 51.8 Å². The maximum absolute atomic E-state index is 6.60. The van der Waals surface area contributed by atoms with E-state index in [4.69, 9.17) is 19.4 Å². The molecule has 3 heterocycles. The Morgan fingerprint density at radius 3 is 1.72 bits per heavy atom. The van der Waals surface area contributed by atoms with Crippen molar-refractivity contribution < 1.29 is 4.42 Å². The third-order valence-electron chi connectivity index (χ3n) is 10.8. The van der Waals surface area contributed by atoms with E-state index in [2.05, 4.69) is 177 Å². The Hall–Kier alpha value is -7.21. The van der Waals surface area contributed by atoms with Gasteiger partial charge in [-0.25, -0.2) is 15.0 Å². The molecule has 3 aromatic heterocycles. The zero-order valence-electron chi connectivity index (χ0n) is 31.0. The number of rotatable bonds is 6. The highest BCUT2D eigenvalue weighted by Crippen LogP contribution is 2.40. The molecular formula is C52H33N3OS. The van der Waals surface area contributed by atoms with Gasteiger partial charge in [-0.05, 0) is 82.8 Å². The first-order valence-corrected chi connectivity index (χ1v) is 19.9. The molecule has 0 N–H and O–H groups in total. The van der Waals surface area contributed by atoms with E-state index in [9.17, 15) is 0 Å². The van der Waals surface area contributed by atoms with Crippen LogP contribution in [-0.4, -0.2) is 15.0 Å². The SMILES string of the molecule is Cc1cccc(-c2cccc(-c3nc(-c4ccc5c(c4)oc4cccc(-c6cccc(-c7ccccc7)c6)c45)nc(-c4ccc5c(c4)sc4ccccc45)n3)c2)c1. The molecule has 0 radical (unpaired) electrons. The van der Waals surface area contributed by atoms with Gasteiger partial charge in [0.15, 0.2) is 17.5 Å². The van der Waals surface area contributed by atoms with E-state index in [-0.39, 0.29) is 0 Å². The van der Waals surface area contributed by atoms with Crippen molar-refractivity contribution in [2.24, 2.45) is 0 Å². The number of nitrogens with zero attached hydrogens (tertiary/aromatic N) is 3. The highest BCUT2D eigenvalue weighted by Gasteiger charge is 2.18. The van der Waals surface area contributed by atoms with Crippen LogP contribution in [-0.2, 0) is 0 Å². The summed E-state index contributed by atoms with van der Waals surface area (Å²) in [6.07, 6.45) is 0. The monoisotopic (exact) mass is 747 g/mol. The molecule has 0 aliphatic heterocycles. The number of thiophene rings is 1. The normalized spacial score (nSPS) is 11.6. The second-order valence-corrected chi connectivity index (χ2v) is 15.6. The van der Waals surface area contributed by atoms with Crippen LogP contribution in [0.3, 0.4) is 0 Å². The van der Waals surface area contributed by atoms with Crippen molar-refractivity contribution in [1.29, 1.82) is 0 Å². The molecule has 0 saturated carbocycles. The Morgan fingerprint density at radius 2 is 0.930 bits per heavy atom. The fourth-order valence-corrected chi connectivity index (χ4v) is 9.14. The molecule has 0 amide bonds. The molecule has 0 fully saturated rings. The molecule has 5 heteroatoms. The third kappa shape index (κ3) is 5.97. The van der Waals surface area contributed by atoms with Gasteiger partial charge >= 0.3 is 0 Å². The Morgan fingerprint density at radius 1 is 0.368 bits per heavy atom. The van der Waals surface area contributed by atoms with Gasteiger partial charge < -0.3 is 4.42 Å². The fourth-order valence-electron chi connectivity index (χ4n) is 7.99. The fraction of sp³-hybridized carbons (Fsp3) is 0.0192. The van der Waals surface area contributed by atoms with Gasteiger partial charge in [-0.15, -0.1) is 11.3 Å². The molecule has 0 unspecified atom stereocenters. The highest BCUT2D eigenvalue weighted by atomic mass is 32.1. The van der Waals surface area contributed by atoms with Crippen LogP contribution in [0.5, 0.6) is 0 Å². The minimum Gasteiger partial charge on any atom is -0.456 e. The molecule has 4 nitrogen and oxygen atoms in total. The summed E-state index contributed by atoms with van der Waals surface area (Å²) in [5, 5.41) is 4.64. The largest absolute Gasteiger partial charge is 0.456 e. The Labute approximate surface area is 333 Å². The van der Waals surface area contributed by atoms with Crippen molar-refractivity contribution in [2.45, 2.75) is 6.92 Å². The molecule has 0 saturated heterocycles. The summed E-state index contributed by atoms with van der Waals surface area (Å²) in [7, 11) is 0. The number of fused-ring (bicyclic) bond motifs is 6. The van der Waals surface area contributed by atoms with E-state index in [1.165, 1.54) is 36.9 Å². The number of aromatic nitrogens is 3. The number of hydrogen-bond donors (Lipinski definition) is 0. The zero-order valence-corrected chi connectivity index (χ0v) is 31.8. The molecule has 8 aromatic carbocycles. The minimum atomic E-state index is 0.588. The lowest BCUT2D eigenvalue weighted by molar-refractivity contribution is 0.669. The standard InChI is InChI=1S/C52H33N3OS/c1-32-11-7-14-34(27-32)36-16-9-18-38(29-36)50-53-51(55-52(54-50)40-23-25-43-42-19-5-6-22-47(42)57-48(43)31-40)39-24-26-44-46(30-39)56-45-21-10-20-41(49(44)45)37-17-8-15-35(28-37)33-12-3-2-4-13-33/h2-31H,1H3. The quantitative estimate of drug-likeness (QED) is 0.170. The van der Waals surface area contributed by atoms with Crippen molar-refractivity contribution in [2.75, 3.05) is 0 Å².